The van der Waals surface area contributed by atoms with Gasteiger partial charge in [0.2, 0.25) is 0 Å². The largest absolute Gasteiger partial charge is 0.496 e. The summed E-state index contributed by atoms with van der Waals surface area (Å²) < 4.78 is 6.33. The fraction of sp³-hybridized carbons (Fsp3) is 0.600. The van der Waals surface area contributed by atoms with Crippen LogP contribution in [0.15, 0.2) is 22.7 Å². The molecule has 1 fully saturated rings. The minimum Gasteiger partial charge on any atom is -0.496 e. The second-order valence-electron chi connectivity index (χ2n) is 5.76. The molecule has 1 aliphatic rings. The molecule has 4 heteroatoms. The van der Waals surface area contributed by atoms with E-state index in [0.717, 1.165) is 42.9 Å². The number of benzene rings is 1. The third kappa shape index (κ3) is 3.71. The Bertz CT molecular complexity index is 428. The lowest BCUT2D eigenvalue weighted by atomic mass is 9.84. The molecule has 0 bridgehead atoms. The van der Waals surface area contributed by atoms with Gasteiger partial charge in [0.05, 0.1) is 11.6 Å². The molecule has 0 unspecified atom stereocenters. The van der Waals surface area contributed by atoms with E-state index >= 15 is 0 Å². The highest BCUT2D eigenvalue weighted by Gasteiger charge is 2.25. The highest BCUT2D eigenvalue weighted by Crippen LogP contribution is 2.32. The maximum atomic E-state index is 5.30. The topological polar surface area (TPSA) is 24.5 Å². The number of nitrogens with one attached hydrogen (secondary N) is 1. The van der Waals surface area contributed by atoms with E-state index in [0.29, 0.717) is 0 Å². The summed E-state index contributed by atoms with van der Waals surface area (Å²) in [6, 6.07) is 6.39. The first-order valence-corrected chi connectivity index (χ1v) is 7.59. The van der Waals surface area contributed by atoms with Gasteiger partial charge < -0.3 is 10.1 Å². The highest BCUT2D eigenvalue weighted by atomic mass is 79.9. The highest BCUT2D eigenvalue weighted by molar-refractivity contribution is 9.10. The van der Waals surface area contributed by atoms with E-state index in [2.05, 4.69) is 52.1 Å². The quantitative estimate of drug-likeness (QED) is 0.920. The predicted molar refractivity (Wildman–Crippen MR) is 83.0 cm³/mol. The molecule has 1 heterocycles. The van der Waals surface area contributed by atoms with Crippen LogP contribution in [0.4, 0.5) is 0 Å². The Balaban J connectivity index is 2.11. The second-order valence-corrected chi connectivity index (χ2v) is 6.61. The SMILES string of the molecule is COc1ccc(C(C)(C)CN2CCNCC2)cc1Br. The molecule has 0 spiro atoms. The van der Waals surface area contributed by atoms with Crippen molar-refractivity contribution in [3.63, 3.8) is 0 Å². The van der Waals surface area contributed by atoms with Gasteiger partial charge in [-0.1, -0.05) is 19.9 Å². The molecule has 106 valence electrons. The van der Waals surface area contributed by atoms with Crippen molar-refractivity contribution >= 4 is 15.9 Å². The van der Waals surface area contributed by atoms with Crippen LogP contribution in [-0.2, 0) is 5.41 Å². The normalized spacial score (nSPS) is 17.5. The molecule has 0 aliphatic carbocycles. The second kappa shape index (κ2) is 6.25. The molecule has 1 N–H and O–H groups in total. The molecular weight excluding hydrogens is 304 g/mol. The van der Waals surface area contributed by atoms with E-state index in [-0.39, 0.29) is 5.41 Å². The van der Waals surface area contributed by atoms with Gasteiger partial charge in [0.1, 0.15) is 5.75 Å². The van der Waals surface area contributed by atoms with Gasteiger partial charge in [-0.2, -0.15) is 0 Å². The van der Waals surface area contributed by atoms with Gasteiger partial charge in [-0.15, -0.1) is 0 Å². The third-order valence-corrected chi connectivity index (χ3v) is 4.38. The summed E-state index contributed by atoms with van der Waals surface area (Å²) in [5.74, 6) is 0.890. The zero-order chi connectivity index (χ0) is 13.9. The molecule has 1 saturated heterocycles. The molecule has 0 amide bonds. The molecule has 3 nitrogen and oxygen atoms in total. The molecule has 1 aliphatic heterocycles. The van der Waals surface area contributed by atoms with Crippen LogP contribution < -0.4 is 10.1 Å². The van der Waals surface area contributed by atoms with Gasteiger partial charge in [-0.25, -0.2) is 0 Å². The molecular formula is C15H23BrN2O. The van der Waals surface area contributed by atoms with Crippen LogP contribution in [0.1, 0.15) is 19.4 Å². The van der Waals surface area contributed by atoms with Crippen molar-refractivity contribution in [1.82, 2.24) is 10.2 Å². The van der Waals surface area contributed by atoms with E-state index < -0.39 is 0 Å². The number of nitrogens with zero attached hydrogens (tertiary/aromatic N) is 1. The zero-order valence-corrected chi connectivity index (χ0v) is 13.6. The molecule has 0 radical (unpaired) electrons. The van der Waals surface area contributed by atoms with Gasteiger partial charge in [-0.3, -0.25) is 4.90 Å². The Labute approximate surface area is 124 Å². The zero-order valence-electron chi connectivity index (χ0n) is 12.0. The maximum Gasteiger partial charge on any atom is 0.133 e. The van der Waals surface area contributed by atoms with Crippen molar-refractivity contribution in [3.05, 3.63) is 28.2 Å². The lowest BCUT2D eigenvalue weighted by Gasteiger charge is -2.35. The first kappa shape index (κ1) is 14.8. The van der Waals surface area contributed by atoms with Crippen molar-refractivity contribution in [2.24, 2.45) is 0 Å². The fourth-order valence-electron chi connectivity index (χ4n) is 2.61. The fourth-order valence-corrected chi connectivity index (χ4v) is 3.15. The average Bonchev–Trinajstić information content (AvgIpc) is 2.39. The van der Waals surface area contributed by atoms with Gasteiger partial charge in [0.15, 0.2) is 0 Å². The lowest BCUT2D eigenvalue weighted by molar-refractivity contribution is 0.200. The number of hydrogen-bond acceptors (Lipinski definition) is 3. The molecule has 19 heavy (non-hydrogen) atoms. The van der Waals surface area contributed by atoms with E-state index in [4.69, 9.17) is 4.74 Å². The summed E-state index contributed by atoms with van der Waals surface area (Å²) in [4.78, 5) is 2.54. The van der Waals surface area contributed by atoms with Gasteiger partial charge in [0, 0.05) is 38.1 Å². The molecule has 1 aromatic rings. The van der Waals surface area contributed by atoms with E-state index in [9.17, 15) is 0 Å². The Morgan fingerprint density at radius 2 is 2.00 bits per heavy atom. The minimum atomic E-state index is 0.145. The summed E-state index contributed by atoms with van der Waals surface area (Å²) in [6.07, 6.45) is 0. The van der Waals surface area contributed by atoms with Gasteiger partial charge >= 0.3 is 0 Å². The third-order valence-electron chi connectivity index (χ3n) is 3.76. The predicted octanol–water partition coefficient (Wildman–Crippen LogP) is 2.64. The van der Waals surface area contributed by atoms with Crippen molar-refractivity contribution in [2.45, 2.75) is 19.3 Å². The number of ether oxygens (including phenoxy) is 1. The average molecular weight is 327 g/mol. The first-order valence-electron chi connectivity index (χ1n) is 6.80. The Kier molecular flexibility index (Phi) is 4.87. The lowest BCUT2D eigenvalue weighted by Crippen LogP contribution is -2.47. The van der Waals surface area contributed by atoms with E-state index in [1.54, 1.807) is 7.11 Å². The van der Waals surface area contributed by atoms with E-state index in [1.807, 2.05) is 6.07 Å². The monoisotopic (exact) mass is 326 g/mol. The molecule has 0 aromatic heterocycles. The van der Waals surface area contributed by atoms with Gasteiger partial charge in [-0.05, 0) is 33.6 Å². The molecule has 0 atom stereocenters. The van der Waals surface area contributed by atoms with Crippen molar-refractivity contribution in [2.75, 3.05) is 39.8 Å². The van der Waals surface area contributed by atoms with Crippen LogP contribution in [0.5, 0.6) is 5.75 Å². The molecule has 1 aromatic carbocycles. The number of rotatable bonds is 4. The number of hydrogen-bond donors (Lipinski definition) is 1. The van der Waals surface area contributed by atoms with Gasteiger partial charge in [0.25, 0.3) is 0 Å². The van der Waals surface area contributed by atoms with Crippen LogP contribution in [0.25, 0.3) is 0 Å². The van der Waals surface area contributed by atoms with Crippen molar-refractivity contribution < 1.29 is 4.74 Å². The summed E-state index contributed by atoms with van der Waals surface area (Å²) in [5, 5.41) is 3.40. The number of methoxy groups -OCH3 is 1. The Morgan fingerprint density at radius 3 is 2.58 bits per heavy atom. The van der Waals surface area contributed by atoms with Crippen LogP contribution in [0, 0.1) is 0 Å². The van der Waals surface area contributed by atoms with Crippen molar-refractivity contribution in [3.8, 4) is 5.75 Å². The van der Waals surface area contributed by atoms with Crippen LogP contribution in [0.2, 0.25) is 0 Å². The summed E-state index contributed by atoms with van der Waals surface area (Å²) in [6.45, 7) is 10.2. The summed E-state index contributed by atoms with van der Waals surface area (Å²) in [7, 11) is 1.70. The molecule has 0 saturated carbocycles. The first-order chi connectivity index (χ1) is 9.03. The standard InChI is InChI=1S/C15H23BrN2O/c1-15(2,11-18-8-6-17-7-9-18)12-4-5-14(19-3)13(16)10-12/h4-5,10,17H,6-9,11H2,1-3H3. The van der Waals surface area contributed by atoms with E-state index in [1.165, 1.54) is 5.56 Å². The Hall–Kier alpha value is -0.580. The molecule has 2 rings (SSSR count). The Morgan fingerprint density at radius 1 is 1.32 bits per heavy atom. The van der Waals surface area contributed by atoms with Crippen LogP contribution in [0.3, 0.4) is 0 Å². The van der Waals surface area contributed by atoms with Crippen molar-refractivity contribution in [1.29, 1.82) is 0 Å². The van der Waals surface area contributed by atoms with Crippen LogP contribution in [-0.4, -0.2) is 44.7 Å². The van der Waals surface area contributed by atoms with Crippen LogP contribution >= 0.6 is 15.9 Å². The smallest absolute Gasteiger partial charge is 0.133 e. The maximum absolute atomic E-state index is 5.30. The number of piperazine rings is 1. The summed E-state index contributed by atoms with van der Waals surface area (Å²) in [5.41, 5.74) is 1.49. The summed E-state index contributed by atoms with van der Waals surface area (Å²) >= 11 is 3.58. The number of halogens is 1. The minimum absolute atomic E-state index is 0.145.